The van der Waals surface area contributed by atoms with Crippen LogP contribution in [0.1, 0.15) is 18.9 Å². The van der Waals surface area contributed by atoms with E-state index in [-0.39, 0.29) is 23.5 Å². The highest BCUT2D eigenvalue weighted by Gasteiger charge is 2.40. The third kappa shape index (κ3) is 2.15. The van der Waals surface area contributed by atoms with Crippen molar-refractivity contribution in [3.05, 3.63) is 29.0 Å². The Morgan fingerprint density at radius 2 is 2.09 bits per heavy atom. The molecule has 2 aliphatic rings. The van der Waals surface area contributed by atoms with Crippen LogP contribution in [0.5, 0.6) is 17.2 Å². The number of aliphatic imine (C=N–C) groups is 1. The number of rotatable bonds is 1. The zero-order valence-electron chi connectivity index (χ0n) is 12.2. The minimum absolute atomic E-state index is 0.0710. The Labute approximate surface area is 128 Å². The van der Waals surface area contributed by atoms with Gasteiger partial charge in [0.05, 0.1) is 11.3 Å². The molecule has 0 amide bonds. The Balaban J connectivity index is 2.05. The Bertz CT molecular complexity index is 731. The van der Waals surface area contributed by atoms with Crippen molar-refractivity contribution in [3.8, 4) is 23.3 Å². The number of nitrogens with zero attached hydrogens (tertiary/aromatic N) is 2. The van der Waals surface area contributed by atoms with Gasteiger partial charge in [-0.2, -0.15) is 5.26 Å². The van der Waals surface area contributed by atoms with Gasteiger partial charge in [0.25, 0.3) is 0 Å². The SMILES string of the molecule is CCN=C1C(C#N)=C(N)CC2Oc3cc(O)c(O)cc3CC12. The molecule has 6 nitrogen and oxygen atoms in total. The first-order chi connectivity index (χ1) is 10.5. The number of fused-ring (bicyclic) bond motifs is 2. The molecule has 6 heteroatoms. The van der Waals surface area contributed by atoms with Gasteiger partial charge in [0.15, 0.2) is 11.5 Å². The van der Waals surface area contributed by atoms with Crippen LogP contribution in [-0.2, 0) is 6.42 Å². The van der Waals surface area contributed by atoms with Crippen molar-refractivity contribution in [3.63, 3.8) is 0 Å². The molecule has 1 heterocycles. The number of hydrogen-bond acceptors (Lipinski definition) is 6. The Morgan fingerprint density at radius 3 is 2.77 bits per heavy atom. The van der Waals surface area contributed by atoms with Gasteiger partial charge in [0, 0.05) is 30.6 Å². The highest BCUT2D eigenvalue weighted by atomic mass is 16.5. The van der Waals surface area contributed by atoms with Crippen molar-refractivity contribution in [1.29, 1.82) is 5.26 Å². The van der Waals surface area contributed by atoms with E-state index in [4.69, 9.17) is 10.5 Å². The van der Waals surface area contributed by atoms with Crippen LogP contribution >= 0.6 is 0 Å². The molecule has 0 fully saturated rings. The van der Waals surface area contributed by atoms with Crippen molar-refractivity contribution in [2.75, 3.05) is 6.54 Å². The number of nitrogens with two attached hydrogens (primary N) is 1. The lowest BCUT2D eigenvalue weighted by molar-refractivity contribution is 0.140. The van der Waals surface area contributed by atoms with Gasteiger partial charge in [0.2, 0.25) is 0 Å². The molecule has 0 radical (unpaired) electrons. The van der Waals surface area contributed by atoms with Crippen LogP contribution in [0.2, 0.25) is 0 Å². The summed E-state index contributed by atoms with van der Waals surface area (Å²) in [4.78, 5) is 4.45. The second kappa shape index (κ2) is 5.26. The fourth-order valence-electron chi connectivity index (χ4n) is 3.10. The molecule has 2 atom stereocenters. The first kappa shape index (κ1) is 14.3. The van der Waals surface area contributed by atoms with E-state index in [0.717, 1.165) is 5.56 Å². The summed E-state index contributed by atoms with van der Waals surface area (Å²) in [5, 5.41) is 28.6. The summed E-state index contributed by atoms with van der Waals surface area (Å²) in [7, 11) is 0. The van der Waals surface area contributed by atoms with Gasteiger partial charge in [-0.3, -0.25) is 4.99 Å². The van der Waals surface area contributed by atoms with E-state index in [1.165, 1.54) is 12.1 Å². The number of nitriles is 1. The first-order valence-corrected chi connectivity index (χ1v) is 7.20. The van der Waals surface area contributed by atoms with Gasteiger partial charge in [0.1, 0.15) is 17.9 Å². The predicted octanol–water partition coefficient (Wildman–Crippen LogP) is 1.62. The third-order valence-electron chi connectivity index (χ3n) is 4.11. The predicted molar refractivity (Wildman–Crippen MR) is 80.8 cm³/mol. The number of phenolic OH excluding ortho intramolecular Hbond substituents is 2. The monoisotopic (exact) mass is 299 g/mol. The van der Waals surface area contributed by atoms with Gasteiger partial charge < -0.3 is 20.7 Å². The molecular weight excluding hydrogens is 282 g/mol. The molecule has 1 aliphatic heterocycles. The number of hydrogen-bond donors (Lipinski definition) is 3. The number of phenols is 2. The standard InChI is InChI=1S/C16H17N3O3/c1-2-19-16-9-3-8-4-12(20)13(21)6-14(8)22-15(9)5-11(18)10(16)7-17/h4,6,9,15,20-21H,2-3,5,18H2,1H3. The lowest BCUT2D eigenvalue weighted by Crippen LogP contribution is -2.43. The lowest BCUT2D eigenvalue weighted by Gasteiger charge is -2.37. The van der Waals surface area contributed by atoms with E-state index in [1.807, 2.05) is 6.92 Å². The maximum atomic E-state index is 9.66. The fourth-order valence-corrected chi connectivity index (χ4v) is 3.10. The van der Waals surface area contributed by atoms with Crippen LogP contribution in [0.4, 0.5) is 0 Å². The molecule has 0 saturated heterocycles. The maximum Gasteiger partial charge on any atom is 0.161 e. The first-order valence-electron chi connectivity index (χ1n) is 7.20. The maximum absolute atomic E-state index is 9.66. The minimum atomic E-state index is -0.211. The quantitative estimate of drug-likeness (QED) is 0.682. The molecule has 1 aromatic rings. The number of benzene rings is 1. The van der Waals surface area contributed by atoms with E-state index in [0.29, 0.717) is 42.1 Å². The molecule has 3 rings (SSSR count). The summed E-state index contributed by atoms with van der Waals surface area (Å²) in [5.41, 5.74) is 8.40. The van der Waals surface area contributed by atoms with Gasteiger partial charge >= 0.3 is 0 Å². The molecule has 2 unspecified atom stereocenters. The number of allylic oxidation sites excluding steroid dienone is 1. The Hall–Kier alpha value is -2.68. The molecular formula is C16H17N3O3. The van der Waals surface area contributed by atoms with Gasteiger partial charge in [-0.05, 0) is 25.0 Å². The van der Waals surface area contributed by atoms with Crippen molar-refractivity contribution in [2.24, 2.45) is 16.6 Å². The molecule has 114 valence electrons. The average molecular weight is 299 g/mol. The highest BCUT2D eigenvalue weighted by Crippen LogP contribution is 2.42. The smallest absolute Gasteiger partial charge is 0.161 e. The van der Waals surface area contributed by atoms with Gasteiger partial charge in [-0.1, -0.05) is 0 Å². The van der Waals surface area contributed by atoms with E-state index in [1.54, 1.807) is 0 Å². The van der Waals surface area contributed by atoms with Gasteiger partial charge in [-0.15, -0.1) is 0 Å². The number of ether oxygens (including phenoxy) is 1. The summed E-state index contributed by atoms with van der Waals surface area (Å²) in [6, 6.07) is 5.06. The molecule has 0 bridgehead atoms. The zero-order valence-corrected chi connectivity index (χ0v) is 12.2. The van der Waals surface area contributed by atoms with Crippen LogP contribution in [-0.4, -0.2) is 28.6 Å². The van der Waals surface area contributed by atoms with Crippen molar-refractivity contribution in [2.45, 2.75) is 25.9 Å². The van der Waals surface area contributed by atoms with Crippen molar-refractivity contribution >= 4 is 5.71 Å². The van der Waals surface area contributed by atoms with Crippen LogP contribution in [0, 0.1) is 17.2 Å². The fraction of sp³-hybridized carbons (Fsp3) is 0.375. The van der Waals surface area contributed by atoms with E-state index < -0.39 is 0 Å². The van der Waals surface area contributed by atoms with Crippen LogP contribution in [0.15, 0.2) is 28.4 Å². The highest BCUT2D eigenvalue weighted by molar-refractivity contribution is 6.07. The summed E-state index contributed by atoms with van der Waals surface area (Å²) < 4.78 is 5.94. The molecule has 0 aromatic heterocycles. The minimum Gasteiger partial charge on any atom is -0.504 e. The average Bonchev–Trinajstić information content (AvgIpc) is 2.48. The number of aromatic hydroxyl groups is 2. The van der Waals surface area contributed by atoms with Crippen LogP contribution < -0.4 is 10.5 Å². The van der Waals surface area contributed by atoms with E-state index in [9.17, 15) is 15.5 Å². The Kier molecular flexibility index (Phi) is 3.41. The van der Waals surface area contributed by atoms with Crippen molar-refractivity contribution < 1.29 is 14.9 Å². The summed E-state index contributed by atoms with van der Waals surface area (Å²) in [6.45, 7) is 2.47. The lowest BCUT2D eigenvalue weighted by atomic mass is 9.77. The largest absolute Gasteiger partial charge is 0.504 e. The molecule has 1 aliphatic carbocycles. The Morgan fingerprint density at radius 1 is 1.36 bits per heavy atom. The third-order valence-corrected chi connectivity index (χ3v) is 4.11. The molecule has 0 saturated carbocycles. The van der Waals surface area contributed by atoms with E-state index >= 15 is 0 Å². The molecule has 1 aromatic carbocycles. The normalized spacial score (nSPS) is 25.2. The molecule has 4 N–H and O–H groups in total. The van der Waals surface area contributed by atoms with Crippen LogP contribution in [0.25, 0.3) is 0 Å². The van der Waals surface area contributed by atoms with E-state index in [2.05, 4.69) is 11.1 Å². The van der Waals surface area contributed by atoms with Crippen molar-refractivity contribution in [1.82, 2.24) is 0 Å². The topological polar surface area (TPSA) is 112 Å². The zero-order chi connectivity index (χ0) is 15.9. The second-order valence-corrected chi connectivity index (χ2v) is 5.49. The van der Waals surface area contributed by atoms with Gasteiger partial charge in [-0.25, -0.2) is 0 Å². The second-order valence-electron chi connectivity index (χ2n) is 5.49. The molecule has 22 heavy (non-hydrogen) atoms. The summed E-state index contributed by atoms with van der Waals surface area (Å²) in [6.07, 6.45) is 0.835. The summed E-state index contributed by atoms with van der Waals surface area (Å²) >= 11 is 0. The molecule has 0 spiro atoms. The summed E-state index contributed by atoms with van der Waals surface area (Å²) in [5.74, 6) is 0.0804. The van der Waals surface area contributed by atoms with Crippen LogP contribution in [0.3, 0.4) is 0 Å².